The number of hydrogen-bond acceptors (Lipinski definition) is 3. The zero-order chi connectivity index (χ0) is 15.6. The lowest BCUT2D eigenvalue weighted by molar-refractivity contribution is -0.116. The summed E-state index contributed by atoms with van der Waals surface area (Å²) < 4.78 is 25.2. The van der Waals surface area contributed by atoms with Crippen LogP contribution in [0.25, 0.3) is 0 Å². The summed E-state index contributed by atoms with van der Waals surface area (Å²) in [6.45, 7) is 0.530. The summed E-state index contributed by atoms with van der Waals surface area (Å²) in [6.07, 6.45) is 7.47. The van der Waals surface area contributed by atoms with Crippen LogP contribution < -0.4 is 9.62 Å². The molecule has 2 aliphatic rings. The number of nitrogens with zero attached hydrogens (tertiary/aromatic N) is 1. The number of sulfonamides is 1. The first-order valence-corrected chi connectivity index (χ1v) is 9.22. The smallest absolute Gasteiger partial charge is 0.235 e. The fraction of sp³-hybridized carbons (Fsp3) is 0.438. The van der Waals surface area contributed by atoms with Crippen LogP contribution in [0.4, 0.5) is 11.4 Å². The second-order valence-electron chi connectivity index (χ2n) is 5.81. The standard InChI is InChI=1S/C16H20N2O3S/c19-16(12-13-4-1-2-5-13)17-14-6-8-15(9-7-14)18-10-3-11-22(18,20)21/h1,4,6-9,13H,2-3,5,10-12H2,(H,17,19)/t13-/m0/s1. The van der Waals surface area contributed by atoms with Gasteiger partial charge in [0.2, 0.25) is 15.9 Å². The van der Waals surface area contributed by atoms with Gasteiger partial charge in [-0.25, -0.2) is 8.42 Å². The van der Waals surface area contributed by atoms with E-state index in [0.717, 1.165) is 12.8 Å². The molecule has 0 saturated carbocycles. The minimum Gasteiger partial charge on any atom is -0.326 e. The molecule has 22 heavy (non-hydrogen) atoms. The third-order valence-electron chi connectivity index (χ3n) is 4.10. The van der Waals surface area contributed by atoms with E-state index in [-0.39, 0.29) is 11.7 Å². The van der Waals surface area contributed by atoms with E-state index in [0.29, 0.717) is 36.7 Å². The fourth-order valence-corrected chi connectivity index (χ4v) is 4.52. The maximum atomic E-state index is 12.0. The average Bonchev–Trinajstić information content (AvgIpc) is 3.09. The molecule has 1 aromatic rings. The van der Waals surface area contributed by atoms with Crippen LogP contribution in [0.15, 0.2) is 36.4 Å². The molecule has 0 aromatic heterocycles. The van der Waals surface area contributed by atoms with E-state index >= 15 is 0 Å². The molecule has 3 rings (SSSR count). The Balaban J connectivity index is 1.62. The van der Waals surface area contributed by atoms with E-state index < -0.39 is 10.0 Å². The minimum absolute atomic E-state index is 0.00176. The van der Waals surface area contributed by atoms with E-state index in [2.05, 4.69) is 17.5 Å². The van der Waals surface area contributed by atoms with Crippen molar-refractivity contribution < 1.29 is 13.2 Å². The molecule has 5 nitrogen and oxygen atoms in total. The number of amides is 1. The van der Waals surface area contributed by atoms with Crippen LogP contribution in [0.5, 0.6) is 0 Å². The predicted octanol–water partition coefficient (Wildman–Crippen LogP) is 2.52. The first-order chi connectivity index (χ1) is 10.5. The number of carbonyl (C=O) groups excluding carboxylic acids is 1. The van der Waals surface area contributed by atoms with Crippen molar-refractivity contribution in [3.05, 3.63) is 36.4 Å². The van der Waals surface area contributed by atoms with Crippen LogP contribution in [-0.4, -0.2) is 26.6 Å². The Morgan fingerprint density at radius 3 is 2.64 bits per heavy atom. The highest BCUT2D eigenvalue weighted by Crippen LogP contribution is 2.26. The van der Waals surface area contributed by atoms with Gasteiger partial charge in [0.05, 0.1) is 11.4 Å². The van der Waals surface area contributed by atoms with Crippen molar-refractivity contribution in [2.75, 3.05) is 21.9 Å². The Morgan fingerprint density at radius 2 is 2.05 bits per heavy atom. The van der Waals surface area contributed by atoms with Gasteiger partial charge in [0.25, 0.3) is 0 Å². The summed E-state index contributed by atoms with van der Waals surface area (Å²) >= 11 is 0. The summed E-state index contributed by atoms with van der Waals surface area (Å²) in [5.74, 6) is 0.549. The van der Waals surface area contributed by atoms with Crippen molar-refractivity contribution in [2.45, 2.75) is 25.7 Å². The molecule has 6 heteroatoms. The maximum absolute atomic E-state index is 12.0. The average molecular weight is 320 g/mol. The van der Waals surface area contributed by atoms with Crippen LogP contribution >= 0.6 is 0 Å². The lowest BCUT2D eigenvalue weighted by atomic mass is 10.1. The van der Waals surface area contributed by atoms with Gasteiger partial charge in [0.1, 0.15) is 0 Å². The highest BCUT2D eigenvalue weighted by molar-refractivity contribution is 7.93. The predicted molar refractivity (Wildman–Crippen MR) is 87.3 cm³/mol. The SMILES string of the molecule is O=C(C[C@H]1C=CCC1)Nc1ccc(N2CCCS2(=O)=O)cc1. The molecule has 1 aliphatic carbocycles. The second kappa shape index (κ2) is 6.12. The van der Waals surface area contributed by atoms with Crippen molar-refractivity contribution in [3.8, 4) is 0 Å². The van der Waals surface area contributed by atoms with Gasteiger partial charge < -0.3 is 5.32 Å². The molecule has 1 heterocycles. The van der Waals surface area contributed by atoms with Crippen molar-refractivity contribution in [1.29, 1.82) is 0 Å². The zero-order valence-corrected chi connectivity index (χ0v) is 13.2. The largest absolute Gasteiger partial charge is 0.326 e. The van der Waals surface area contributed by atoms with Crippen molar-refractivity contribution in [3.63, 3.8) is 0 Å². The Bertz CT molecular complexity index is 680. The molecule has 0 bridgehead atoms. The first-order valence-electron chi connectivity index (χ1n) is 7.61. The minimum atomic E-state index is -3.15. The molecule has 118 valence electrons. The van der Waals surface area contributed by atoms with Gasteiger partial charge in [-0.3, -0.25) is 9.10 Å². The summed E-state index contributed by atoms with van der Waals surface area (Å²) in [4.78, 5) is 12.0. The van der Waals surface area contributed by atoms with Gasteiger partial charge in [-0.2, -0.15) is 0 Å². The number of anilines is 2. The molecule has 1 amide bonds. The van der Waals surface area contributed by atoms with E-state index in [9.17, 15) is 13.2 Å². The Labute approximate surface area is 131 Å². The third kappa shape index (κ3) is 3.32. The summed E-state index contributed by atoms with van der Waals surface area (Å²) in [5.41, 5.74) is 1.36. The summed E-state index contributed by atoms with van der Waals surface area (Å²) in [5, 5.41) is 2.87. The van der Waals surface area contributed by atoms with Gasteiger partial charge in [-0.05, 0) is 49.4 Å². The molecule has 0 spiro atoms. The van der Waals surface area contributed by atoms with E-state index in [1.54, 1.807) is 24.3 Å². The van der Waals surface area contributed by atoms with Crippen molar-refractivity contribution in [1.82, 2.24) is 0 Å². The highest BCUT2D eigenvalue weighted by Gasteiger charge is 2.28. The molecule has 1 aliphatic heterocycles. The third-order valence-corrected chi connectivity index (χ3v) is 5.97. The fourth-order valence-electron chi connectivity index (χ4n) is 2.96. The molecule has 1 fully saturated rings. The number of carbonyl (C=O) groups is 1. The van der Waals surface area contributed by atoms with Crippen molar-refractivity contribution in [2.24, 2.45) is 5.92 Å². The van der Waals surface area contributed by atoms with E-state index in [1.807, 2.05) is 0 Å². The Hall–Kier alpha value is -1.82. The van der Waals surface area contributed by atoms with Crippen LogP contribution in [0, 0.1) is 5.92 Å². The monoisotopic (exact) mass is 320 g/mol. The molecular formula is C16H20N2O3S. The summed E-state index contributed by atoms with van der Waals surface area (Å²) in [6, 6.07) is 7.00. The normalized spacial score (nSPS) is 22.9. The lowest BCUT2D eigenvalue weighted by Gasteiger charge is -2.17. The van der Waals surface area contributed by atoms with Crippen LogP contribution in [0.1, 0.15) is 25.7 Å². The second-order valence-corrected chi connectivity index (χ2v) is 7.82. The number of nitrogens with one attached hydrogen (secondary N) is 1. The van der Waals surface area contributed by atoms with Crippen LogP contribution in [-0.2, 0) is 14.8 Å². The first kappa shape index (κ1) is 15.1. The van der Waals surface area contributed by atoms with Gasteiger partial charge in [0.15, 0.2) is 0 Å². The summed E-state index contributed by atoms with van der Waals surface area (Å²) in [7, 11) is -3.15. The van der Waals surface area contributed by atoms with E-state index in [1.165, 1.54) is 4.31 Å². The van der Waals surface area contributed by atoms with E-state index in [4.69, 9.17) is 0 Å². The molecule has 1 aromatic carbocycles. The number of benzene rings is 1. The number of allylic oxidation sites excluding steroid dienone is 2. The lowest BCUT2D eigenvalue weighted by Crippen LogP contribution is -2.25. The topological polar surface area (TPSA) is 66.5 Å². The number of rotatable bonds is 4. The Morgan fingerprint density at radius 1 is 1.27 bits per heavy atom. The molecule has 0 unspecified atom stereocenters. The number of hydrogen-bond donors (Lipinski definition) is 1. The maximum Gasteiger partial charge on any atom is 0.235 e. The molecule has 1 saturated heterocycles. The quantitative estimate of drug-likeness (QED) is 0.867. The van der Waals surface area contributed by atoms with Gasteiger partial charge in [-0.1, -0.05) is 12.2 Å². The molecular weight excluding hydrogens is 300 g/mol. The highest BCUT2D eigenvalue weighted by atomic mass is 32.2. The van der Waals surface area contributed by atoms with Gasteiger partial charge >= 0.3 is 0 Å². The van der Waals surface area contributed by atoms with Crippen molar-refractivity contribution >= 4 is 27.3 Å². The molecule has 1 atom stereocenters. The molecule has 0 radical (unpaired) electrons. The van der Waals surface area contributed by atoms with Gasteiger partial charge in [0, 0.05) is 18.7 Å². The van der Waals surface area contributed by atoms with Crippen LogP contribution in [0.2, 0.25) is 0 Å². The Kier molecular flexibility index (Phi) is 4.20. The van der Waals surface area contributed by atoms with Crippen LogP contribution in [0.3, 0.4) is 0 Å². The van der Waals surface area contributed by atoms with Gasteiger partial charge in [-0.15, -0.1) is 0 Å². The molecule has 1 N–H and O–H groups in total. The zero-order valence-electron chi connectivity index (χ0n) is 12.4.